The second-order valence-electron chi connectivity index (χ2n) is 6.13. The first kappa shape index (κ1) is 19.2. The van der Waals surface area contributed by atoms with Crippen molar-refractivity contribution in [3.63, 3.8) is 0 Å². The monoisotopic (exact) mass is 334 g/mol. The maximum Gasteiger partial charge on any atom is 0.412 e. The molecular formula is C17H22N2O5. The minimum Gasteiger partial charge on any atom is -0.480 e. The molecule has 1 aromatic rings. The van der Waals surface area contributed by atoms with Crippen LogP contribution in [0.2, 0.25) is 0 Å². The number of anilines is 1. The molecule has 0 aliphatic heterocycles. The number of aliphatic carboxylic acids is 1. The summed E-state index contributed by atoms with van der Waals surface area (Å²) in [6.07, 6.45) is 0.558. The average molecular weight is 334 g/mol. The maximum atomic E-state index is 11.7. The van der Waals surface area contributed by atoms with E-state index >= 15 is 0 Å². The number of carboxylic acid groups (broad SMARTS) is 1. The number of rotatable bonds is 6. The van der Waals surface area contributed by atoms with Crippen molar-refractivity contribution in [1.29, 1.82) is 0 Å². The Bertz CT molecular complexity index is 617. The Hall–Kier alpha value is -2.83. The third-order valence-electron chi connectivity index (χ3n) is 2.84. The first-order valence-corrected chi connectivity index (χ1v) is 7.35. The van der Waals surface area contributed by atoms with Crippen molar-refractivity contribution in [1.82, 2.24) is 5.32 Å². The van der Waals surface area contributed by atoms with Gasteiger partial charge in [0.2, 0.25) is 5.91 Å². The van der Waals surface area contributed by atoms with Gasteiger partial charge in [0.15, 0.2) is 0 Å². The SMILES string of the molecule is C=CC(=O)N[C@H](Cc1ccc(NC(=O)OC(C)(C)C)cc1)C(=O)O. The van der Waals surface area contributed by atoms with Crippen molar-refractivity contribution in [2.75, 3.05) is 5.32 Å². The predicted molar refractivity (Wildman–Crippen MR) is 89.8 cm³/mol. The highest BCUT2D eigenvalue weighted by Gasteiger charge is 2.19. The summed E-state index contributed by atoms with van der Waals surface area (Å²) in [7, 11) is 0. The highest BCUT2D eigenvalue weighted by atomic mass is 16.6. The van der Waals surface area contributed by atoms with E-state index in [2.05, 4.69) is 17.2 Å². The van der Waals surface area contributed by atoms with Crippen molar-refractivity contribution in [3.8, 4) is 0 Å². The van der Waals surface area contributed by atoms with Crippen LogP contribution in [0.1, 0.15) is 26.3 Å². The Kier molecular flexibility index (Phi) is 6.52. The number of amides is 2. The van der Waals surface area contributed by atoms with Crippen LogP contribution in [0.3, 0.4) is 0 Å². The smallest absolute Gasteiger partial charge is 0.412 e. The summed E-state index contributed by atoms with van der Waals surface area (Å²) in [4.78, 5) is 34.1. The van der Waals surface area contributed by atoms with Gasteiger partial charge >= 0.3 is 12.1 Å². The van der Waals surface area contributed by atoms with Gasteiger partial charge in [0.1, 0.15) is 11.6 Å². The van der Waals surface area contributed by atoms with E-state index in [1.165, 1.54) is 0 Å². The zero-order chi connectivity index (χ0) is 18.3. The largest absolute Gasteiger partial charge is 0.480 e. The van der Waals surface area contributed by atoms with Gasteiger partial charge in [0.05, 0.1) is 0 Å². The standard InChI is InChI=1S/C17H22N2O5/c1-5-14(20)19-13(15(21)22)10-11-6-8-12(9-7-11)18-16(23)24-17(2,3)4/h5-9,13H,1,10H2,2-4H3,(H,18,23)(H,19,20)(H,21,22)/t13-/m1/s1. The molecule has 1 atom stereocenters. The van der Waals surface area contributed by atoms with E-state index in [1.807, 2.05) is 0 Å². The number of carboxylic acids is 1. The van der Waals surface area contributed by atoms with E-state index in [9.17, 15) is 14.4 Å². The van der Waals surface area contributed by atoms with E-state index in [4.69, 9.17) is 9.84 Å². The molecule has 0 aliphatic carbocycles. The number of nitrogens with one attached hydrogen (secondary N) is 2. The van der Waals surface area contributed by atoms with E-state index in [0.717, 1.165) is 6.08 Å². The fourth-order valence-corrected chi connectivity index (χ4v) is 1.81. The lowest BCUT2D eigenvalue weighted by molar-refractivity contribution is -0.141. The number of hydrogen-bond donors (Lipinski definition) is 3. The zero-order valence-corrected chi connectivity index (χ0v) is 14.0. The predicted octanol–water partition coefficient (Wildman–Crippen LogP) is 2.33. The van der Waals surface area contributed by atoms with E-state index in [1.54, 1.807) is 45.0 Å². The van der Waals surface area contributed by atoms with Gasteiger partial charge in [-0.1, -0.05) is 18.7 Å². The molecule has 0 saturated heterocycles. The minimum atomic E-state index is -1.14. The molecule has 0 aromatic heterocycles. The Morgan fingerprint density at radius 1 is 1.25 bits per heavy atom. The maximum absolute atomic E-state index is 11.7. The molecule has 0 radical (unpaired) electrons. The molecule has 0 unspecified atom stereocenters. The normalized spacial score (nSPS) is 12.0. The van der Waals surface area contributed by atoms with Crippen LogP contribution in [0.15, 0.2) is 36.9 Å². The van der Waals surface area contributed by atoms with Crippen LogP contribution in [0.5, 0.6) is 0 Å². The molecule has 1 aromatic carbocycles. The fourth-order valence-electron chi connectivity index (χ4n) is 1.81. The topological polar surface area (TPSA) is 105 Å². The van der Waals surface area contributed by atoms with Gasteiger partial charge in [-0.2, -0.15) is 0 Å². The summed E-state index contributed by atoms with van der Waals surface area (Å²) >= 11 is 0. The van der Waals surface area contributed by atoms with E-state index in [-0.39, 0.29) is 6.42 Å². The molecule has 3 N–H and O–H groups in total. The molecule has 7 heteroatoms. The summed E-state index contributed by atoms with van der Waals surface area (Å²) in [5.41, 5.74) is 0.624. The molecule has 0 bridgehead atoms. The summed E-state index contributed by atoms with van der Waals surface area (Å²) in [6, 6.07) is 5.55. The summed E-state index contributed by atoms with van der Waals surface area (Å²) in [5, 5.41) is 14.1. The number of carbonyl (C=O) groups excluding carboxylic acids is 2. The van der Waals surface area contributed by atoms with Crippen LogP contribution in [0.25, 0.3) is 0 Å². The molecule has 0 fully saturated rings. The van der Waals surface area contributed by atoms with Gasteiger partial charge < -0.3 is 15.2 Å². The highest BCUT2D eigenvalue weighted by Crippen LogP contribution is 2.14. The third kappa shape index (κ3) is 6.95. The number of ether oxygens (including phenoxy) is 1. The van der Waals surface area contributed by atoms with Crippen LogP contribution in [0.4, 0.5) is 10.5 Å². The lowest BCUT2D eigenvalue weighted by Gasteiger charge is -2.19. The molecule has 2 amide bonds. The van der Waals surface area contributed by atoms with Gasteiger partial charge in [-0.25, -0.2) is 9.59 Å². The van der Waals surface area contributed by atoms with Crippen LogP contribution < -0.4 is 10.6 Å². The molecular weight excluding hydrogens is 312 g/mol. The Labute approximate surface area is 140 Å². The first-order valence-electron chi connectivity index (χ1n) is 7.35. The Morgan fingerprint density at radius 3 is 2.29 bits per heavy atom. The Balaban J connectivity index is 2.69. The van der Waals surface area contributed by atoms with Crippen LogP contribution in [0, 0.1) is 0 Å². The van der Waals surface area contributed by atoms with Crippen molar-refractivity contribution < 1.29 is 24.2 Å². The quantitative estimate of drug-likeness (QED) is 0.693. The number of carbonyl (C=O) groups is 3. The molecule has 1 rings (SSSR count). The molecule has 0 spiro atoms. The van der Waals surface area contributed by atoms with Crippen molar-refractivity contribution in [2.24, 2.45) is 0 Å². The lowest BCUT2D eigenvalue weighted by atomic mass is 10.1. The van der Waals surface area contributed by atoms with Gasteiger partial charge in [-0.15, -0.1) is 0 Å². The van der Waals surface area contributed by atoms with Gasteiger partial charge in [-0.3, -0.25) is 10.1 Å². The second-order valence-corrected chi connectivity index (χ2v) is 6.13. The first-order chi connectivity index (χ1) is 11.1. The third-order valence-corrected chi connectivity index (χ3v) is 2.84. The minimum absolute atomic E-state index is 0.113. The van der Waals surface area contributed by atoms with E-state index < -0.39 is 29.6 Å². The zero-order valence-electron chi connectivity index (χ0n) is 14.0. The second kappa shape index (κ2) is 8.14. The van der Waals surface area contributed by atoms with Crippen molar-refractivity contribution in [3.05, 3.63) is 42.5 Å². The van der Waals surface area contributed by atoms with Crippen LogP contribution >= 0.6 is 0 Å². The molecule has 7 nitrogen and oxygen atoms in total. The molecule has 24 heavy (non-hydrogen) atoms. The highest BCUT2D eigenvalue weighted by molar-refractivity contribution is 5.90. The summed E-state index contributed by atoms with van der Waals surface area (Å²) < 4.78 is 5.14. The van der Waals surface area contributed by atoms with Gasteiger partial charge in [-0.05, 0) is 44.5 Å². The van der Waals surface area contributed by atoms with Gasteiger partial charge in [0.25, 0.3) is 0 Å². The molecule has 0 aliphatic rings. The molecule has 0 saturated carbocycles. The average Bonchev–Trinajstić information content (AvgIpc) is 2.46. The van der Waals surface area contributed by atoms with Crippen LogP contribution in [-0.4, -0.2) is 34.7 Å². The van der Waals surface area contributed by atoms with Gasteiger partial charge in [0, 0.05) is 12.1 Å². The van der Waals surface area contributed by atoms with Crippen LogP contribution in [-0.2, 0) is 20.7 Å². The number of benzene rings is 1. The fraction of sp³-hybridized carbons (Fsp3) is 0.353. The molecule has 0 heterocycles. The van der Waals surface area contributed by atoms with E-state index in [0.29, 0.717) is 11.3 Å². The number of hydrogen-bond acceptors (Lipinski definition) is 4. The van der Waals surface area contributed by atoms with Crippen molar-refractivity contribution in [2.45, 2.75) is 38.8 Å². The molecule has 130 valence electrons. The Morgan fingerprint density at radius 2 is 1.83 bits per heavy atom. The van der Waals surface area contributed by atoms with Crippen molar-refractivity contribution >= 4 is 23.7 Å². The summed E-state index contributed by atoms with van der Waals surface area (Å²) in [5.74, 6) is -1.69. The lowest BCUT2D eigenvalue weighted by Crippen LogP contribution is -2.41. The summed E-state index contributed by atoms with van der Waals surface area (Å²) in [6.45, 7) is 8.58.